The van der Waals surface area contributed by atoms with Crippen LogP contribution >= 0.6 is 23.8 Å². The second kappa shape index (κ2) is 11.7. The maximum atomic E-state index is 14.0. The van der Waals surface area contributed by atoms with Gasteiger partial charge in [-0.1, -0.05) is 29.8 Å². The SMILES string of the molecule is COCCOc1ccc(N2C(=S)N[C@H](c3ccccn3)[C@H]2c2cc(C)n(-c3ccccc3C(F)(F)F)c2C)cc1Cl. The van der Waals surface area contributed by atoms with Crippen LogP contribution < -0.4 is 15.0 Å². The number of halogens is 4. The molecule has 1 saturated heterocycles. The molecule has 11 heteroatoms. The fraction of sp³-hybridized carbons (Fsp3) is 0.267. The monoisotopic (exact) mass is 600 g/mol. The zero-order valence-electron chi connectivity index (χ0n) is 22.6. The van der Waals surface area contributed by atoms with Gasteiger partial charge in [0.2, 0.25) is 0 Å². The average molecular weight is 601 g/mol. The molecule has 41 heavy (non-hydrogen) atoms. The number of anilines is 1. The van der Waals surface area contributed by atoms with Crippen LogP contribution in [-0.4, -0.2) is 35.0 Å². The highest BCUT2D eigenvalue weighted by Crippen LogP contribution is 2.45. The molecule has 1 aliphatic heterocycles. The lowest BCUT2D eigenvalue weighted by atomic mass is 9.96. The lowest BCUT2D eigenvalue weighted by molar-refractivity contribution is -0.137. The van der Waals surface area contributed by atoms with Gasteiger partial charge in [0.1, 0.15) is 12.4 Å². The number of pyridine rings is 1. The zero-order chi connectivity index (χ0) is 29.3. The molecule has 0 unspecified atom stereocenters. The Labute approximate surface area is 246 Å². The van der Waals surface area contributed by atoms with Crippen LogP contribution in [0.25, 0.3) is 5.69 Å². The quantitative estimate of drug-likeness (QED) is 0.168. The molecule has 214 valence electrons. The van der Waals surface area contributed by atoms with Crippen LogP contribution in [-0.2, 0) is 10.9 Å². The molecule has 0 spiro atoms. The fourth-order valence-corrected chi connectivity index (χ4v) is 5.88. The van der Waals surface area contributed by atoms with E-state index in [1.165, 1.54) is 12.1 Å². The van der Waals surface area contributed by atoms with Crippen LogP contribution in [0.15, 0.2) is 72.9 Å². The van der Waals surface area contributed by atoms with Gasteiger partial charge < -0.3 is 24.3 Å². The van der Waals surface area contributed by atoms with E-state index in [0.717, 1.165) is 17.3 Å². The van der Waals surface area contributed by atoms with Crippen LogP contribution in [0.5, 0.6) is 5.75 Å². The van der Waals surface area contributed by atoms with E-state index < -0.39 is 17.8 Å². The predicted molar refractivity (Wildman–Crippen MR) is 157 cm³/mol. The molecule has 0 radical (unpaired) electrons. The van der Waals surface area contributed by atoms with E-state index in [-0.39, 0.29) is 11.7 Å². The van der Waals surface area contributed by atoms with Gasteiger partial charge in [-0.3, -0.25) is 4.98 Å². The number of para-hydroxylation sites is 1. The molecule has 2 aromatic heterocycles. The first kappa shape index (κ1) is 28.9. The van der Waals surface area contributed by atoms with Gasteiger partial charge in [-0.15, -0.1) is 0 Å². The van der Waals surface area contributed by atoms with Gasteiger partial charge in [-0.05, 0) is 80.2 Å². The minimum Gasteiger partial charge on any atom is -0.490 e. The lowest BCUT2D eigenvalue weighted by Gasteiger charge is -2.28. The Morgan fingerprint density at radius 2 is 1.78 bits per heavy atom. The summed E-state index contributed by atoms with van der Waals surface area (Å²) in [6.07, 6.45) is -2.81. The van der Waals surface area contributed by atoms with Gasteiger partial charge in [0.25, 0.3) is 0 Å². The molecule has 1 N–H and O–H groups in total. The molecular weight excluding hydrogens is 573 g/mol. The molecule has 2 aromatic carbocycles. The van der Waals surface area contributed by atoms with Crippen molar-refractivity contribution in [1.82, 2.24) is 14.9 Å². The maximum Gasteiger partial charge on any atom is 0.418 e. The molecule has 4 aromatic rings. The largest absolute Gasteiger partial charge is 0.490 e. The molecule has 3 heterocycles. The highest BCUT2D eigenvalue weighted by Gasteiger charge is 2.43. The van der Waals surface area contributed by atoms with Gasteiger partial charge in [0.05, 0.1) is 40.7 Å². The summed E-state index contributed by atoms with van der Waals surface area (Å²) in [6.45, 7) is 4.38. The van der Waals surface area contributed by atoms with E-state index in [1.807, 2.05) is 42.2 Å². The Hall–Kier alpha value is -3.60. The lowest BCUT2D eigenvalue weighted by Crippen LogP contribution is -2.29. The topological polar surface area (TPSA) is 51.6 Å². The van der Waals surface area contributed by atoms with Gasteiger partial charge in [0.15, 0.2) is 5.11 Å². The number of benzene rings is 2. The number of aryl methyl sites for hydroxylation is 1. The zero-order valence-corrected chi connectivity index (χ0v) is 24.1. The van der Waals surface area contributed by atoms with Gasteiger partial charge >= 0.3 is 6.18 Å². The van der Waals surface area contributed by atoms with E-state index in [9.17, 15) is 13.2 Å². The first-order chi connectivity index (χ1) is 19.6. The number of ether oxygens (including phenoxy) is 2. The van der Waals surface area contributed by atoms with Crippen molar-refractivity contribution < 1.29 is 22.6 Å². The summed E-state index contributed by atoms with van der Waals surface area (Å²) in [4.78, 5) is 6.51. The minimum absolute atomic E-state index is 0.0660. The summed E-state index contributed by atoms with van der Waals surface area (Å²) in [5.41, 5.74) is 2.93. The van der Waals surface area contributed by atoms with E-state index in [1.54, 1.807) is 43.0 Å². The summed E-state index contributed by atoms with van der Waals surface area (Å²) < 4.78 is 54.4. The number of aromatic nitrogens is 2. The molecule has 0 bridgehead atoms. The average Bonchev–Trinajstić information content (AvgIpc) is 3.44. The number of hydrogen-bond donors (Lipinski definition) is 1. The minimum atomic E-state index is -4.51. The predicted octanol–water partition coefficient (Wildman–Crippen LogP) is 7.36. The summed E-state index contributed by atoms with van der Waals surface area (Å²) in [7, 11) is 1.59. The number of alkyl halides is 3. The highest BCUT2D eigenvalue weighted by atomic mass is 35.5. The number of methoxy groups -OCH3 is 1. The van der Waals surface area contributed by atoms with Crippen LogP contribution in [0.4, 0.5) is 18.9 Å². The molecule has 0 saturated carbocycles. The maximum absolute atomic E-state index is 14.0. The first-order valence-electron chi connectivity index (χ1n) is 12.9. The Morgan fingerprint density at radius 3 is 2.46 bits per heavy atom. The summed E-state index contributed by atoms with van der Waals surface area (Å²) in [5.74, 6) is 0.505. The number of hydrogen-bond acceptors (Lipinski definition) is 4. The Balaban J connectivity index is 1.64. The molecule has 2 atom stereocenters. The van der Waals surface area contributed by atoms with Crippen LogP contribution in [0, 0.1) is 13.8 Å². The molecule has 6 nitrogen and oxygen atoms in total. The van der Waals surface area contributed by atoms with Crippen molar-refractivity contribution in [3.63, 3.8) is 0 Å². The number of thiocarbonyl (C=S) groups is 1. The number of nitrogens with zero attached hydrogens (tertiary/aromatic N) is 3. The third kappa shape index (κ3) is 5.64. The number of rotatable bonds is 8. The second-order valence-electron chi connectivity index (χ2n) is 9.63. The van der Waals surface area contributed by atoms with Crippen molar-refractivity contribution in [3.05, 3.63) is 106 Å². The van der Waals surface area contributed by atoms with E-state index in [0.29, 0.717) is 46.2 Å². The van der Waals surface area contributed by atoms with Crippen molar-refractivity contribution in [2.24, 2.45) is 0 Å². The van der Waals surface area contributed by atoms with Gasteiger partial charge in [-0.2, -0.15) is 13.2 Å². The van der Waals surface area contributed by atoms with E-state index in [4.69, 9.17) is 33.3 Å². The third-order valence-corrected chi connectivity index (χ3v) is 7.69. The Kier molecular flexibility index (Phi) is 8.26. The molecule has 0 amide bonds. The van der Waals surface area contributed by atoms with Crippen LogP contribution in [0.3, 0.4) is 0 Å². The Bertz CT molecular complexity index is 1560. The van der Waals surface area contributed by atoms with Crippen molar-refractivity contribution in [3.8, 4) is 11.4 Å². The molecule has 1 aliphatic rings. The smallest absolute Gasteiger partial charge is 0.418 e. The van der Waals surface area contributed by atoms with Crippen molar-refractivity contribution in [1.29, 1.82) is 0 Å². The van der Waals surface area contributed by atoms with Crippen LogP contribution in [0.2, 0.25) is 5.02 Å². The highest BCUT2D eigenvalue weighted by molar-refractivity contribution is 7.80. The van der Waals surface area contributed by atoms with E-state index in [2.05, 4.69) is 10.3 Å². The van der Waals surface area contributed by atoms with Crippen molar-refractivity contribution in [2.75, 3.05) is 25.2 Å². The summed E-state index contributed by atoms with van der Waals surface area (Å²) in [6, 6.07) is 17.7. The fourth-order valence-electron chi connectivity index (χ4n) is 5.31. The Morgan fingerprint density at radius 1 is 1.02 bits per heavy atom. The van der Waals surface area contributed by atoms with Crippen molar-refractivity contribution in [2.45, 2.75) is 32.1 Å². The van der Waals surface area contributed by atoms with Crippen LogP contribution in [0.1, 0.15) is 40.3 Å². The molecule has 5 rings (SSSR count). The first-order valence-corrected chi connectivity index (χ1v) is 13.7. The van der Waals surface area contributed by atoms with E-state index >= 15 is 0 Å². The number of nitrogens with one attached hydrogen (secondary N) is 1. The standard InChI is InChI=1S/C30H28ClF3N4O2S/c1-18-16-21(19(2)37(18)25-10-5-4-8-22(25)30(32,33)34)28-27(24-9-6-7-13-35-24)36-29(41)38(28)20-11-12-26(23(31)17-20)40-15-14-39-3/h4-13,16-17,27-28H,14-15H2,1-3H3,(H,36,41)/t27-,28-/m1/s1. The third-order valence-electron chi connectivity index (χ3n) is 7.08. The molecule has 1 fully saturated rings. The molecule has 0 aliphatic carbocycles. The second-order valence-corrected chi connectivity index (χ2v) is 10.4. The van der Waals surface area contributed by atoms with Gasteiger partial charge in [-0.25, -0.2) is 0 Å². The van der Waals surface area contributed by atoms with Gasteiger partial charge in [0, 0.05) is 30.4 Å². The van der Waals surface area contributed by atoms with Crippen molar-refractivity contribution >= 4 is 34.6 Å². The molecular formula is C30H28ClF3N4O2S. The normalized spacial score (nSPS) is 17.1. The summed E-state index contributed by atoms with van der Waals surface area (Å²) in [5, 5.41) is 4.22. The summed E-state index contributed by atoms with van der Waals surface area (Å²) >= 11 is 12.4.